The lowest BCUT2D eigenvalue weighted by Crippen LogP contribution is -2.02. The molecule has 18 heavy (non-hydrogen) atoms. The molecule has 0 aromatic carbocycles. The first-order valence-corrected chi connectivity index (χ1v) is 6.49. The summed E-state index contributed by atoms with van der Waals surface area (Å²) >= 11 is 7.46. The van der Waals surface area contributed by atoms with Gasteiger partial charge in [0.1, 0.15) is 5.82 Å². The Balaban J connectivity index is 1.90. The Kier molecular flexibility index (Phi) is 2.85. The van der Waals surface area contributed by atoms with Crippen LogP contribution >= 0.6 is 22.9 Å². The Morgan fingerprint density at radius 2 is 2.33 bits per heavy atom. The van der Waals surface area contributed by atoms with Gasteiger partial charge < -0.3 is 5.32 Å². The molecule has 0 saturated heterocycles. The van der Waals surface area contributed by atoms with Crippen LogP contribution in [-0.2, 0) is 6.54 Å². The lowest BCUT2D eigenvalue weighted by atomic mass is 10.3. The molecule has 0 amide bonds. The third-order valence-corrected chi connectivity index (χ3v) is 3.65. The zero-order chi connectivity index (χ0) is 12.5. The Morgan fingerprint density at radius 1 is 1.44 bits per heavy atom. The molecular weight excluding hydrogens is 272 g/mol. The first-order valence-electron chi connectivity index (χ1n) is 5.23. The van der Waals surface area contributed by atoms with E-state index in [-0.39, 0.29) is 5.28 Å². The van der Waals surface area contributed by atoms with Gasteiger partial charge in [-0.25, -0.2) is 4.98 Å². The van der Waals surface area contributed by atoms with E-state index in [2.05, 4.69) is 30.5 Å². The van der Waals surface area contributed by atoms with E-state index < -0.39 is 0 Å². The predicted octanol–water partition coefficient (Wildman–Crippen LogP) is 2.38. The van der Waals surface area contributed by atoms with E-state index in [0.29, 0.717) is 18.0 Å². The highest BCUT2D eigenvalue weighted by atomic mass is 35.5. The summed E-state index contributed by atoms with van der Waals surface area (Å²) in [6.45, 7) is 2.64. The number of aromatic nitrogens is 5. The van der Waals surface area contributed by atoms with Gasteiger partial charge in [0.25, 0.3) is 0 Å². The Morgan fingerprint density at radius 3 is 3.11 bits per heavy atom. The molecule has 0 radical (unpaired) electrons. The number of rotatable bonds is 3. The zero-order valence-electron chi connectivity index (χ0n) is 9.44. The van der Waals surface area contributed by atoms with Crippen LogP contribution in [0.25, 0.3) is 11.0 Å². The molecule has 0 saturated carbocycles. The van der Waals surface area contributed by atoms with Gasteiger partial charge in [0.05, 0.1) is 29.3 Å². The van der Waals surface area contributed by atoms with Gasteiger partial charge >= 0.3 is 0 Å². The summed E-state index contributed by atoms with van der Waals surface area (Å²) in [7, 11) is 0. The van der Waals surface area contributed by atoms with Crippen molar-refractivity contribution in [3.05, 3.63) is 27.6 Å². The molecule has 6 nitrogen and oxygen atoms in total. The van der Waals surface area contributed by atoms with Gasteiger partial charge in [-0.1, -0.05) is 0 Å². The number of thiazole rings is 1. The minimum atomic E-state index is 0.190. The van der Waals surface area contributed by atoms with E-state index in [1.807, 2.05) is 12.4 Å². The van der Waals surface area contributed by atoms with Crippen LogP contribution in [0.5, 0.6) is 0 Å². The van der Waals surface area contributed by atoms with E-state index in [1.165, 1.54) is 4.88 Å². The monoisotopic (exact) mass is 280 g/mol. The number of nitrogens with one attached hydrogen (secondary N) is 2. The van der Waals surface area contributed by atoms with Gasteiger partial charge in [0.2, 0.25) is 5.28 Å². The van der Waals surface area contributed by atoms with Crippen molar-refractivity contribution in [3.8, 4) is 0 Å². The second-order valence-electron chi connectivity index (χ2n) is 3.69. The maximum absolute atomic E-state index is 5.85. The quantitative estimate of drug-likeness (QED) is 0.720. The summed E-state index contributed by atoms with van der Waals surface area (Å²) in [5.41, 5.74) is 3.47. The van der Waals surface area contributed by atoms with E-state index >= 15 is 0 Å². The average molecular weight is 281 g/mol. The van der Waals surface area contributed by atoms with Crippen molar-refractivity contribution in [1.29, 1.82) is 0 Å². The molecule has 8 heteroatoms. The van der Waals surface area contributed by atoms with E-state index in [4.69, 9.17) is 11.6 Å². The summed E-state index contributed by atoms with van der Waals surface area (Å²) in [5, 5.41) is 10.9. The van der Waals surface area contributed by atoms with E-state index in [9.17, 15) is 0 Å². The highest BCUT2D eigenvalue weighted by Crippen LogP contribution is 2.21. The van der Waals surface area contributed by atoms with Crippen molar-refractivity contribution in [2.45, 2.75) is 13.5 Å². The minimum Gasteiger partial charge on any atom is -0.364 e. The molecule has 0 spiro atoms. The largest absolute Gasteiger partial charge is 0.364 e. The number of hydrogen-bond donors (Lipinski definition) is 2. The molecule has 3 heterocycles. The van der Waals surface area contributed by atoms with Crippen LogP contribution in [0, 0.1) is 6.92 Å². The standard InChI is InChI=1S/C10H9ClN6S/c1-5-7(18-4-13-5)3-12-8-6-2-14-17-9(6)16-10(11)15-8/h2,4H,3H2,1H3,(H2,12,14,15,16,17). The number of aryl methyl sites for hydroxylation is 1. The summed E-state index contributed by atoms with van der Waals surface area (Å²) < 4.78 is 0. The van der Waals surface area contributed by atoms with Gasteiger partial charge in [0.15, 0.2) is 5.65 Å². The molecular formula is C10H9ClN6S. The second-order valence-corrected chi connectivity index (χ2v) is 4.97. The maximum Gasteiger partial charge on any atom is 0.226 e. The Bertz CT molecular complexity index is 691. The fraction of sp³-hybridized carbons (Fsp3) is 0.200. The van der Waals surface area contributed by atoms with Crippen LogP contribution in [0.3, 0.4) is 0 Å². The van der Waals surface area contributed by atoms with Gasteiger partial charge in [-0.15, -0.1) is 11.3 Å². The van der Waals surface area contributed by atoms with Crippen LogP contribution in [0.4, 0.5) is 5.82 Å². The molecule has 3 rings (SSSR count). The first kappa shape index (κ1) is 11.4. The fourth-order valence-electron chi connectivity index (χ4n) is 1.60. The number of aromatic amines is 1. The molecule has 0 aliphatic rings. The summed E-state index contributed by atoms with van der Waals surface area (Å²) in [4.78, 5) is 13.6. The van der Waals surface area contributed by atoms with Crippen molar-refractivity contribution in [2.24, 2.45) is 0 Å². The van der Waals surface area contributed by atoms with Crippen molar-refractivity contribution in [1.82, 2.24) is 25.1 Å². The molecule has 0 aliphatic heterocycles. The normalized spacial score (nSPS) is 11.0. The van der Waals surface area contributed by atoms with E-state index in [0.717, 1.165) is 11.1 Å². The van der Waals surface area contributed by atoms with Crippen molar-refractivity contribution in [2.75, 3.05) is 5.32 Å². The van der Waals surface area contributed by atoms with Crippen LogP contribution in [0.15, 0.2) is 11.7 Å². The molecule has 0 atom stereocenters. The van der Waals surface area contributed by atoms with Crippen LogP contribution in [0.1, 0.15) is 10.6 Å². The number of H-pyrrole nitrogens is 1. The Labute approximate surface area is 111 Å². The predicted molar refractivity (Wildman–Crippen MR) is 70.9 cm³/mol. The first-order chi connectivity index (χ1) is 8.74. The van der Waals surface area contributed by atoms with E-state index in [1.54, 1.807) is 17.5 Å². The van der Waals surface area contributed by atoms with Crippen molar-refractivity contribution < 1.29 is 0 Å². The van der Waals surface area contributed by atoms with Gasteiger partial charge in [-0.05, 0) is 18.5 Å². The van der Waals surface area contributed by atoms with Gasteiger partial charge in [-0.3, -0.25) is 5.10 Å². The van der Waals surface area contributed by atoms with Crippen molar-refractivity contribution in [3.63, 3.8) is 0 Å². The summed E-state index contributed by atoms with van der Waals surface area (Å²) in [6.07, 6.45) is 1.67. The zero-order valence-corrected chi connectivity index (χ0v) is 11.0. The smallest absolute Gasteiger partial charge is 0.226 e. The SMILES string of the molecule is Cc1ncsc1CNc1nc(Cl)nc2[nH]ncc12. The highest BCUT2D eigenvalue weighted by Gasteiger charge is 2.09. The minimum absolute atomic E-state index is 0.190. The molecule has 2 N–H and O–H groups in total. The van der Waals surface area contributed by atoms with Crippen LogP contribution in [-0.4, -0.2) is 25.1 Å². The number of halogens is 1. The van der Waals surface area contributed by atoms with Crippen molar-refractivity contribution >= 4 is 39.8 Å². The van der Waals surface area contributed by atoms with Gasteiger partial charge in [-0.2, -0.15) is 15.1 Å². The Hall–Kier alpha value is -1.73. The highest BCUT2D eigenvalue weighted by molar-refractivity contribution is 7.09. The number of nitrogens with zero attached hydrogens (tertiary/aromatic N) is 4. The second kappa shape index (κ2) is 4.51. The molecule has 0 unspecified atom stereocenters. The topological polar surface area (TPSA) is 79.4 Å². The van der Waals surface area contributed by atoms with Crippen LogP contribution < -0.4 is 5.32 Å². The average Bonchev–Trinajstić information content (AvgIpc) is 2.94. The lowest BCUT2D eigenvalue weighted by Gasteiger charge is -2.05. The number of hydrogen-bond acceptors (Lipinski definition) is 6. The molecule has 92 valence electrons. The molecule has 3 aromatic rings. The fourth-order valence-corrected chi connectivity index (χ4v) is 2.49. The molecule has 0 aliphatic carbocycles. The van der Waals surface area contributed by atoms with Gasteiger partial charge in [0, 0.05) is 4.88 Å². The molecule has 0 bridgehead atoms. The maximum atomic E-state index is 5.85. The molecule has 0 fully saturated rings. The molecule has 3 aromatic heterocycles. The third-order valence-electron chi connectivity index (χ3n) is 2.54. The lowest BCUT2D eigenvalue weighted by molar-refractivity contribution is 1.08. The number of fused-ring (bicyclic) bond motifs is 1. The summed E-state index contributed by atoms with van der Waals surface area (Å²) in [5.74, 6) is 0.673. The van der Waals surface area contributed by atoms with Crippen LogP contribution in [0.2, 0.25) is 5.28 Å². The number of anilines is 1. The third kappa shape index (κ3) is 2.02. The summed E-state index contributed by atoms with van der Waals surface area (Å²) in [6, 6.07) is 0.